The van der Waals surface area contributed by atoms with Crippen molar-refractivity contribution in [1.29, 1.82) is 0 Å². The summed E-state index contributed by atoms with van der Waals surface area (Å²) in [4.78, 5) is 8.71. The highest BCUT2D eigenvalue weighted by Gasteiger charge is 2.15. The lowest BCUT2D eigenvalue weighted by Gasteiger charge is -2.23. The average molecular weight is 257 g/mol. The summed E-state index contributed by atoms with van der Waals surface area (Å²) in [6, 6.07) is 6.48. The van der Waals surface area contributed by atoms with Crippen molar-refractivity contribution in [2.45, 2.75) is 38.1 Å². The molecule has 4 heteroatoms. The summed E-state index contributed by atoms with van der Waals surface area (Å²) in [5.41, 5.74) is 0.924. The zero-order valence-electron chi connectivity index (χ0n) is 11.2. The van der Waals surface area contributed by atoms with Gasteiger partial charge < -0.3 is 10.1 Å². The van der Waals surface area contributed by atoms with E-state index in [9.17, 15) is 0 Å². The molecule has 1 aliphatic rings. The van der Waals surface area contributed by atoms with Crippen molar-refractivity contribution in [3.63, 3.8) is 0 Å². The fourth-order valence-electron chi connectivity index (χ4n) is 2.72. The fourth-order valence-corrected chi connectivity index (χ4v) is 2.72. The maximum absolute atomic E-state index is 5.23. The van der Waals surface area contributed by atoms with E-state index in [4.69, 9.17) is 4.74 Å². The van der Waals surface area contributed by atoms with Crippen LogP contribution in [0.1, 0.15) is 32.1 Å². The first-order valence-corrected chi connectivity index (χ1v) is 6.92. The van der Waals surface area contributed by atoms with Crippen LogP contribution in [-0.2, 0) is 0 Å². The van der Waals surface area contributed by atoms with Gasteiger partial charge in [-0.15, -0.1) is 0 Å². The van der Waals surface area contributed by atoms with Gasteiger partial charge in [-0.05, 0) is 25.0 Å². The monoisotopic (exact) mass is 257 g/mol. The van der Waals surface area contributed by atoms with Crippen molar-refractivity contribution >= 4 is 16.7 Å². The molecule has 3 rings (SSSR count). The lowest BCUT2D eigenvalue weighted by molar-refractivity contribution is 0.415. The van der Waals surface area contributed by atoms with E-state index < -0.39 is 0 Å². The Balaban J connectivity index is 1.90. The summed E-state index contributed by atoms with van der Waals surface area (Å²) in [7, 11) is 1.67. The Morgan fingerprint density at radius 1 is 1.16 bits per heavy atom. The molecule has 1 N–H and O–H groups in total. The molecule has 1 aromatic heterocycles. The van der Waals surface area contributed by atoms with E-state index in [0.29, 0.717) is 6.04 Å². The molecule has 1 aliphatic carbocycles. The second kappa shape index (κ2) is 5.43. The average Bonchev–Trinajstić information content (AvgIpc) is 2.48. The molecule has 0 radical (unpaired) electrons. The highest BCUT2D eigenvalue weighted by molar-refractivity contribution is 5.89. The first-order valence-electron chi connectivity index (χ1n) is 6.92. The van der Waals surface area contributed by atoms with Crippen LogP contribution < -0.4 is 10.1 Å². The number of hydrogen-bond donors (Lipinski definition) is 1. The largest absolute Gasteiger partial charge is 0.497 e. The molecular formula is C15H19N3O. The van der Waals surface area contributed by atoms with Gasteiger partial charge in [0.15, 0.2) is 0 Å². The van der Waals surface area contributed by atoms with Crippen molar-refractivity contribution in [3.05, 3.63) is 24.5 Å². The van der Waals surface area contributed by atoms with Crippen LogP contribution in [0.4, 0.5) is 5.82 Å². The van der Waals surface area contributed by atoms with E-state index >= 15 is 0 Å². The Morgan fingerprint density at radius 2 is 2.00 bits per heavy atom. The third kappa shape index (κ3) is 2.62. The van der Waals surface area contributed by atoms with Crippen molar-refractivity contribution in [3.8, 4) is 5.75 Å². The van der Waals surface area contributed by atoms with Crippen LogP contribution in [0.5, 0.6) is 5.75 Å². The minimum Gasteiger partial charge on any atom is -0.497 e. The summed E-state index contributed by atoms with van der Waals surface area (Å²) in [5.74, 6) is 1.77. The van der Waals surface area contributed by atoms with Gasteiger partial charge in [-0.25, -0.2) is 9.97 Å². The van der Waals surface area contributed by atoms with Crippen LogP contribution in [0.25, 0.3) is 10.9 Å². The quantitative estimate of drug-likeness (QED) is 0.915. The van der Waals surface area contributed by atoms with Gasteiger partial charge in [0, 0.05) is 17.5 Å². The molecule has 0 bridgehead atoms. The number of rotatable bonds is 3. The zero-order chi connectivity index (χ0) is 13.1. The molecule has 1 aromatic carbocycles. The van der Waals surface area contributed by atoms with Gasteiger partial charge in [0.2, 0.25) is 0 Å². The normalized spacial score (nSPS) is 16.5. The van der Waals surface area contributed by atoms with Crippen molar-refractivity contribution in [2.24, 2.45) is 0 Å². The summed E-state index contributed by atoms with van der Waals surface area (Å²) < 4.78 is 5.23. The molecule has 0 saturated heterocycles. The van der Waals surface area contributed by atoms with Crippen LogP contribution in [0, 0.1) is 0 Å². The smallest absolute Gasteiger partial charge is 0.137 e. The van der Waals surface area contributed by atoms with Gasteiger partial charge in [0.25, 0.3) is 0 Å². The molecule has 1 heterocycles. The molecule has 1 fully saturated rings. The summed E-state index contributed by atoms with van der Waals surface area (Å²) in [6.07, 6.45) is 8.08. The third-order valence-corrected chi connectivity index (χ3v) is 3.79. The Hall–Kier alpha value is -1.84. The maximum Gasteiger partial charge on any atom is 0.137 e. The molecule has 2 aromatic rings. The van der Waals surface area contributed by atoms with Gasteiger partial charge in [-0.2, -0.15) is 0 Å². The van der Waals surface area contributed by atoms with Crippen molar-refractivity contribution < 1.29 is 4.74 Å². The number of nitrogens with one attached hydrogen (secondary N) is 1. The Labute approximate surface area is 113 Å². The molecule has 1 saturated carbocycles. The van der Waals surface area contributed by atoms with Crippen molar-refractivity contribution in [2.75, 3.05) is 12.4 Å². The van der Waals surface area contributed by atoms with E-state index in [1.807, 2.05) is 18.2 Å². The highest BCUT2D eigenvalue weighted by atomic mass is 16.5. The van der Waals surface area contributed by atoms with Gasteiger partial charge in [0.05, 0.1) is 12.6 Å². The topological polar surface area (TPSA) is 47.0 Å². The minimum atomic E-state index is 0.550. The van der Waals surface area contributed by atoms with Crippen LogP contribution in [0.3, 0.4) is 0 Å². The van der Waals surface area contributed by atoms with E-state index in [2.05, 4.69) is 15.3 Å². The number of hydrogen-bond acceptors (Lipinski definition) is 4. The summed E-state index contributed by atoms with van der Waals surface area (Å²) in [5, 5.41) is 4.63. The van der Waals surface area contributed by atoms with Gasteiger partial charge >= 0.3 is 0 Å². The number of fused-ring (bicyclic) bond motifs is 1. The Bertz CT molecular complexity index is 564. The lowest BCUT2D eigenvalue weighted by atomic mass is 9.95. The second-order valence-electron chi connectivity index (χ2n) is 5.08. The van der Waals surface area contributed by atoms with Crippen LogP contribution >= 0.6 is 0 Å². The van der Waals surface area contributed by atoms with E-state index in [-0.39, 0.29) is 0 Å². The summed E-state index contributed by atoms with van der Waals surface area (Å²) in [6.45, 7) is 0. The van der Waals surface area contributed by atoms with Crippen LogP contribution in [0.15, 0.2) is 24.5 Å². The standard InChI is InChI=1S/C15H19N3O/c1-19-12-7-8-13-14(9-12)16-10-17-15(13)18-11-5-3-2-4-6-11/h7-11H,2-6H2,1H3,(H,16,17,18). The van der Waals surface area contributed by atoms with Gasteiger partial charge in [-0.3, -0.25) is 0 Å². The molecule has 0 spiro atoms. The maximum atomic E-state index is 5.23. The fraction of sp³-hybridized carbons (Fsp3) is 0.467. The number of methoxy groups -OCH3 is 1. The van der Waals surface area contributed by atoms with Crippen molar-refractivity contribution in [1.82, 2.24) is 9.97 Å². The van der Waals surface area contributed by atoms with E-state index in [1.54, 1.807) is 13.4 Å². The predicted octanol–water partition coefficient (Wildman–Crippen LogP) is 3.38. The molecular weight excluding hydrogens is 238 g/mol. The zero-order valence-corrected chi connectivity index (χ0v) is 11.2. The molecule has 0 atom stereocenters. The number of nitrogens with zero attached hydrogens (tertiary/aromatic N) is 2. The Kier molecular flexibility index (Phi) is 3.49. The second-order valence-corrected chi connectivity index (χ2v) is 5.08. The molecule has 0 unspecified atom stereocenters. The SMILES string of the molecule is COc1ccc2c(NC3CCCCC3)ncnc2c1. The lowest BCUT2D eigenvalue weighted by Crippen LogP contribution is -2.22. The van der Waals surface area contributed by atoms with Crippen LogP contribution in [-0.4, -0.2) is 23.1 Å². The minimum absolute atomic E-state index is 0.550. The van der Waals surface area contributed by atoms with Gasteiger partial charge in [0.1, 0.15) is 17.9 Å². The molecule has 4 nitrogen and oxygen atoms in total. The number of aromatic nitrogens is 2. The number of benzene rings is 1. The van der Waals surface area contributed by atoms with E-state index in [0.717, 1.165) is 22.5 Å². The number of ether oxygens (including phenoxy) is 1. The predicted molar refractivity (Wildman–Crippen MR) is 76.6 cm³/mol. The van der Waals surface area contributed by atoms with Gasteiger partial charge in [-0.1, -0.05) is 19.3 Å². The van der Waals surface area contributed by atoms with E-state index in [1.165, 1.54) is 32.1 Å². The first-order chi connectivity index (χ1) is 9.36. The molecule has 0 aliphatic heterocycles. The molecule has 100 valence electrons. The molecule has 19 heavy (non-hydrogen) atoms. The van der Waals surface area contributed by atoms with Crippen LogP contribution in [0.2, 0.25) is 0 Å². The number of anilines is 1. The third-order valence-electron chi connectivity index (χ3n) is 3.79. The summed E-state index contributed by atoms with van der Waals surface area (Å²) >= 11 is 0. The highest BCUT2D eigenvalue weighted by Crippen LogP contribution is 2.26. The Morgan fingerprint density at radius 3 is 2.79 bits per heavy atom. The first kappa shape index (κ1) is 12.2. The molecule has 0 amide bonds.